The van der Waals surface area contributed by atoms with E-state index in [2.05, 4.69) is 17.6 Å². The van der Waals surface area contributed by atoms with Crippen molar-refractivity contribution in [1.29, 1.82) is 0 Å². The first-order chi connectivity index (χ1) is 9.02. The third-order valence-electron chi connectivity index (χ3n) is 3.01. The van der Waals surface area contributed by atoms with Gasteiger partial charge in [-0.1, -0.05) is 12.1 Å². The number of carboxylic acids is 1. The van der Waals surface area contributed by atoms with Crippen molar-refractivity contribution in [2.45, 2.75) is 18.6 Å². The zero-order valence-electron chi connectivity index (χ0n) is 10.1. The summed E-state index contributed by atoms with van der Waals surface area (Å²) in [6, 6.07) is 6.56. The minimum atomic E-state index is -1.03. The van der Waals surface area contributed by atoms with Gasteiger partial charge in [0, 0.05) is 10.9 Å². The zero-order chi connectivity index (χ0) is 14.0. The highest BCUT2D eigenvalue weighted by atomic mass is 32.1. The summed E-state index contributed by atoms with van der Waals surface area (Å²) in [6.45, 7) is 0. The Hall–Kier alpha value is -1.50. The fourth-order valence-electron chi connectivity index (χ4n) is 1.96. The first kappa shape index (κ1) is 13.9. The van der Waals surface area contributed by atoms with E-state index in [9.17, 15) is 15.0 Å². The van der Waals surface area contributed by atoms with Gasteiger partial charge in [-0.25, -0.2) is 4.79 Å². The monoisotopic (exact) mass is 281 g/mol. The number of benzene rings is 1. The summed E-state index contributed by atoms with van der Waals surface area (Å²) in [5, 5.41) is 29.4. The molecule has 5 nitrogen and oxygen atoms in total. The molecule has 2 atom stereocenters. The number of H-pyrrole nitrogens is 1. The molecular weight excluding hydrogens is 266 g/mol. The quantitative estimate of drug-likeness (QED) is 0.538. The number of nitrogens with one attached hydrogen (secondary N) is 1. The van der Waals surface area contributed by atoms with Crippen molar-refractivity contribution in [3.05, 3.63) is 35.5 Å². The van der Waals surface area contributed by atoms with Crippen molar-refractivity contribution >= 4 is 29.5 Å². The van der Waals surface area contributed by atoms with E-state index >= 15 is 0 Å². The lowest BCUT2D eigenvalue weighted by atomic mass is 10.0. The SMILES string of the molecule is O=C(O)c1cc2ccc(C(O)C(O)CCS)cc2[nH]1. The molecule has 19 heavy (non-hydrogen) atoms. The molecule has 1 heterocycles. The van der Waals surface area contributed by atoms with Crippen molar-refractivity contribution in [3.8, 4) is 0 Å². The number of fused-ring (bicyclic) bond motifs is 1. The van der Waals surface area contributed by atoms with Crippen LogP contribution in [-0.4, -0.2) is 38.1 Å². The molecule has 1 aromatic carbocycles. The predicted molar refractivity (Wildman–Crippen MR) is 74.7 cm³/mol. The fourth-order valence-corrected chi connectivity index (χ4v) is 2.22. The maximum absolute atomic E-state index is 10.9. The summed E-state index contributed by atoms with van der Waals surface area (Å²) < 4.78 is 0. The van der Waals surface area contributed by atoms with Crippen molar-refractivity contribution in [2.75, 3.05) is 5.75 Å². The molecule has 2 rings (SSSR count). The number of hydrogen-bond acceptors (Lipinski definition) is 4. The molecule has 0 amide bonds. The molecule has 6 heteroatoms. The van der Waals surface area contributed by atoms with Gasteiger partial charge >= 0.3 is 5.97 Å². The molecule has 1 aromatic heterocycles. The van der Waals surface area contributed by atoms with Gasteiger partial charge in [0.25, 0.3) is 0 Å². The molecule has 4 N–H and O–H groups in total. The average Bonchev–Trinajstić information content (AvgIpc) is 2.81. The maximum atomic E-state index is 10.9. The molecule has 0 aliphatic heterocycles. The van der Waals surface area contributed by atoms with Gasteiger partial charge in [-0.3, -0.25) is 0 Å². The first-order valence-corrected chi connectivity index (χ1v) is 6.49. The Morgan fingerprint density at radius 1 is 1.32 bits per heavy atom. The van der Waals surface area contributed by atoms with Gasteiger partial charge in [-0.2, -0.15) is 12.6 Å². The molecule has 0 bridgehead atoms. The van der Waals surface area contributed by atoms with Crippen LogP contribution in [0.1, 0.15) is 28.6 Å². The van der Waals surface area contributed by atoms with Crippen molar-refractivity contribution in [3.63, 3.8) is 0 Å². The summed E-state index contributed by atoms with van der Waals surface area (Å²) in [5.41, 5.74) is 1.25. The second kappa shape index (κ2) is 5.64. The van der Waals surface area contributed by atoms with E-state index in [0.29, 0.717) is 23.3 Å². The van der Waals surface area contributed by atoms with Crippen molar-refractivity contribution in [1.82, 2.24) is 4.98 Å². The van der Waals surface area contributed by atoms with Crippen LogP contribution in [-0.2, 0) is 0 Å². The van der Waals surface area contributed by atoms with Crippen molar-refractivity contribution in [2.24, 2.45) is 0 Å². The number of aromatic carboxylic acids is 1. The standard InChI is InChI=1S/C13H15NO4S/c15-11(3-4-19)12(16)8-2-1-7-5-10(13(17)18)14-9(7)6-8/h1-2,5-6,11-12,14-16,19H,3-4H2,(H,17,18). The van der Waals surface area contributed by atoms with Gasteiger partial charge in [0.2, 0.25) is 0 Å². The summed E-state index contributed by atoms with van der Waals surface area (Å²) in [4.78, 5) is 13.6. The molecule has 0 aliphatic rings. The first-order valence-electron chi connectivity index (χ1n) is 5.86. The van der Waals surface area contributed by atoms with Gasteiger partial charge in [0.1, 0.15) is 11.8 Å². The largest absolute Gasteiger partial charge is 0.477 e. The lowest BCUT2D eigenvalue weighted by molar-refractivity contribution is 0.0173. The molecule has 0 saturated heterocycles. The number of aromatic amines is 1. The lowest BCUT2D eigenvalue weighted by Gasteiger charge is -2.17. The van der Waals surface area contributed by atoms with Crippen LogP contribution in [0.15, 0.2) is 24.3 Å². The molecule has 0 radical (unpaired) electrons. The second-order valence-corrected chi connectivity index (χ2v) is 4.81. The highest BCUT2D eigenvalue weighted by molar-refractivity contribution is 7.80. The third-order valence-corrected chi connectivity index (χ3v) is 3.27. The van der Waals surface area contributed by atoms with E-state index in [1.807, 2.05) is 0 Å². The van der Waals surface area contributed by atoms with E-state index < -0.39 is 18.2 Å². The summed E-state index contributed by atoms with van der Waals surface area (Å²) in [7, 11) is 0. The molecule has 2 aromatic rings. The van der Waals surface area contributed by atoms with Gasteiger partial charge in [-0.05, 0) is 29.9 Å². The van der Waals surface area contributed by atoms with E-state index in [-0.39, 0.29) is 5.69 Å². The van der Waals surface area contributed by atoms with Gasteiger partial charge < -0.3 is 20.3 Å². The van der Waals surface area contributed by atoms with Crippen LogP contribution in [0, 0.1) is 0 Å². The van der Waals surface area contributed by atoms with Crippen LogP contribution in [0.25, 0.3) is 10.9 Å². The smallest absolute Gasteiger partial charge is 0.352 e. The van der Waals surface area contributed by atoms with Gasteiger partial charge in [0.15, 0.2) is 0 Å². The Balaban J connectivity index is 2.32. The molecule has 0 spiro atoms. The Labute approximate surface area is 115 Å². The zero-order valence-corrected chi connectivity index (χ0v) is 11.0. The van der Waals surface area contributed by atoms with Crippen LogP contribution in [0.4, 0.5) is 0 Å². The minimum Gasteiger partial charge on any atom is -0.477 e. The molecule has 0 saturated carbocycles. The predicted octanol–water partition coefficient (Wildman–Crippen LogP) is 1.58. The summed E-state index contributed by atoms with van der Waals surface area (Å²) >= 11 is 4.01. The number of carboxylic acid groups (broad SMARTS) is 1. The van der Waals surface area contributed by atoms with Crippen molar-refractivity contribution < 1.29 is 20.1 Å². The summed E-state index contributed by atoms with van der Waals surface area (Å²) in [5.74, 6) is -0.556. The molecule has 2 unspecified atom stereocenters. The Kier molecular flexibility index (Phi) is 4.14. The lowest BCUT2D eigenvalue weighted by Crippen LogP contribution is -2.18. The van der Waals surface area contributed by atoms with E-state index in [1.54, 1.807) is 18.2 Å². The molecular formula is C13H15NO4S. The van der Waals surface area contributed by atoms with E-state index in [1.165, 1.54) is 6.07 Å². The maximum Gasteiger partial charge on any atom is 0.352 e. The Morgan fingerprint density at radius 2 is 2.05 bits per heavy atom. The number of aromatic nitrogens is 1. The number of aliphatic hydroxyl groups is 2. The highest BCUT2D eigenvalue weighted by Gasteiger charge is 2.18. The van der Waals surface area contributed by atoms with Crippen LogP contribution in [0.5, 0.6) is 0 Å². The topological polar surface area (TPSA) is 93.6 Å². The van der Waals surface area contributed by atoms with E-state index in [4.69, 9.17) is 5.11 Å². The average molecular weight is 281 g/mol. The van der Waals surface area contributed by atoms with Crippen LogP contribution < -0.4 is 0 Å². The number of thiol groups is 1. The normalized spacial score (nSPS) is 14.5. The van der Waals surface area contributed by atoms with Crippen LogP contribution in [0.3, 0.4) is 0 Å². The second-order valence-electron chi connectivity index (χ2n) is 4.36. The third kappa shape index (κ3) is 2.91. The Bertz CT molecular complexity index is 595. The number of carbonyl (C=O) groups is 1. The number of hydrogen-bond donors (Lipinski definition) is 5. The molecule has 0 aliphatic carbocycles. The summed E-state index contributed by atoms with van der Waals surface area (Å²) in [6.07, 6.45) is -1.51. The molecule has 0 fully saturated rings. The minimum absolute atomic E-state index is 0.0950. The van der Waals surface area contributed by atoms with Gasteiger partial charge in [0.05, 0.1) is 6.10 Å². The fraction of sp³-hybridized carbons (Fsp3) is 0.308. The number of aliphatic hydroxyl groups excluding tert-OH is 2. The van der Waals surface area contributed by atoms with Crippen LogP contribution in [0.2, 0.25) is 0 Å². The highest BCUT2D eigenvalue weighted by Crippen LogP contribution is 2.24. The van der Waals surface area contributed by atoms with Crippen LogP contribution >= 0.6 is 12.6 Å². The number of rotatable bonds is 5. The Morgan fingerprint density at radius 3 is 2.68 bits per heavy atom. The van der Waals surface area contributed by atoms with E-state index in [0.717, 1.165) is 5.39 Å². The van der Waals surface area contributed by atoms with Gasteiger partial charge in [-0.15, -0.1) is 0 Å². The molecule has 102 valence electrons.